The second kappa shape index (κ2) is 60.6. The van der Waals surface area contributed by atoms with Gasteiger partial charge in [0.15, 0.2) is 50.0 Å². The molecule has 120 heavy (non-hydrogen) atoms. The monoisotopic (exact) mass is 1770 g/mol. The Kier molecular flexibility index (Phi) is 55.1. The molecule has 0 aliphatic carbocycles. The lowest BCUT2D eigenvalue weighted by Gasteiger charge is -2.29. The first-order valence-corrected chi connectivity index (χ1v) is 44.4. The van der Waals surface area contributed by atoms with Crippen LogP contribution in [-0.4, -0.2) is 84.6 Å². The number of nitrogens with zero attached hydrogens (tertiary/aromatic N) is 6. The van der Waals surface area contributed by atoms with Gasteiger partial charge < -0.3 is 56.8 Å². The highest BCUT2D eigenvalue weighted by atomic mass is 31.2. The summed E-state index contributed by atoms with van der Waals surface area (Å²) in [5.74, 6) is 0. The van der Waals surface area contributed by atoms with E-state index in [0.717, 1.165) is 66.2 Å². The van der Waals surface area contributed by atoms with E-state index in [2.05, 4.69) is 449 Å². The van der Waals surface area contributed by atoms with Crippen molar-refractivity contribution >= 4 is 84.2 Å². The summed E-state index contributed by atoms with van der Waals surface area (Å²) in [6.45, 7) is 6.11. The molecule has 18 nitrogen and oxygen atoms in total. The molecule has 0 aliphatic heterocycles. The van der Waals surface area contributed by atoms with Crippen LogP contribution in [0.2, 0.25) is 0 Å². The lowest BCUT2D eigenvalue weighted by atomic mass is 10.2. The Morgan fingerprint density at radius 2 is 0.233 bits per heavy atom. The highest BCUT2D eigenvalue weighted by molar-refractivity contribution is 7.30. The van der Waals surface area contributed by atoms with Crippen molar-refractivity contribution in [3.8, 4) is 0 Å². The standard InChI is InChI=1S/6C15H18N.6FH2O2P/c6*1-16(2,15-11-7-4-8-12-15)13-14-9-5-3-6-10-14;6*1-4(2)3/h6*3-12H,13H2,1-2H3;6*4H,(H,2,3)/q6*+1;;;;;;/p-6. The molecule has 0 bridgehead atoms. The lowest BCUT2D eigenvalue weighted by Crippen LogP contribution is -2.39. The first kappa shape index (κ1) is 109. The number of hydrogen-bond acceptors (Lipinski definition) is 12. The molecule has 6 unspecified atom stereocenters. The summed E-state index contributed by atoms with van der Waals surface area (Å²) in [7, 11) is 3.58. The number of hydrogen-bond donors (Lipinski definition) is 0. The molecular weight excluding hydrogens is 1660 g/mol. The van der Waals surface area contributed by atoms with E-state index in [4.69, 9.17) is 56.8 Å². The van der Waals surface area contributed by atoms with Crippen LogP contribution in [0.3, 0.4) is 0 Å². The highest BCUT2D eigenvalue weighted by Crippen LogP contribution is 2.27. The Morgan fingerprint density at radius 1 is 0.167 bits per heavy atom. The average Bonchev–Trinajstić information content (AvgIpc) is 0.872. The van der Waals surface area contributed by atoms with Crippen molar-refractivity contribution in [3.63, 3.8) is 0 Å². The van der Waals surface area contributed by atoms with E-state index < -0.39 is 50.0 Å². The molecule has 12 aromatic rings. The molecule has 0 radical (unpaired) electrons. The Balaban J connectivity index is 0.000000682. The largest absolute Gasteiger partial charge is 0.777 e. The molecule has 0 saturated carbocycles. The third kappa shape index (κ3) is 54.4. The van der Waals surface area contributed by atoms with Gasteiger partial charge >= 0.3 is 0 Å². The molecule has 0 spiro atoms. The van der Waals surface area contributed by atoms with Crippen LogP contribution >= 0.6 is 50.0 Å². The zero-order valence-electron chi connectivity index (χ0n) is 69.7. The van der Waals surface area contributed by atoms with Crippen LogP contribution in [-0.2, 0) is 66.7 Å². The molecule has 648 valence electrons. The zero-order chi connectivity index (χ0) is 90.1. The summed E-state index contributed by atoms with van der Waals surface area (Å²) in [6.07, 6.45) is 0. The third-order valence-corrected chi connectivity index (χ3v) is 17.3. The van der Waals surface area contributed by atoms with Gasteiger partial charge in [-0.2, -0.15) is 0 Å². The Morgan fingerprint density at radius 3 is 0.308 bits per heavy atom. The maximum atomic E-state index is 9.99. The second-order valence-electron chi connectivity index (χ2n) is 29.4. The molecule has 12 rings (SSSR count). The maximum Gasteiger partial charge on any atom is 0.169 e. The van der Waals surface area contributed by atoms with Crippen LogP contribution in [0.25, 0.3) is 0 Å². The summed E-state index contributed by atoms with van der Waals surface area (Å²) in [5.41, 5.74) is 16.3. The molecule has 0 aliphatic rings. The van der Waals surface area contributed by atoms with Crippen molar-refractivity contribution in [1.82, 2.24) is 26.9 Å². The molecule has 0 saturated heterocycles. The van der Waals surface area contributed by atoms with Gasteiger partial charge in [0.25, 0.3) is 0 Å². The van der Waals surface area contributed by atoms with Crippen molar-refractivity contribution in [1.29, 1.82) is 0 Å². The van der Waals surface area contributed by atoms with E-state index in [1.165, 1.54) is 67.5 Å². The fourth-order valence-electron chi connectivity index (χ4n) is 11.8. The van der Waals surface area contributed by atoms with Gasteiger partial charge in [-0.05, 0) is 72.8 Å². The smallest absolute Gasteiger partial charge is 0.169 e. The zero-order valence-corrected chi connectivity index (χ0v) is 75.7. The molecule has 30 heteroatoms. The molecular formula is C90H114F6N6O12P6. The Labute approximate surface area is 710 Å². The van der Waals surface area contributed by atoms with E-state index in [0.29, 0.717) is 0 Å². The predicted molar refractivity (Wildman–Crippen MR) is 482 cm³/mol. The summed E-state index contributed by atoms with van der Waals surface area (Å²) < 4.78 is 116. The number of quaternary nitrogens is 6. The molecule has 0 fully saturated rings. The van der Waals surface area contributed by atoms with Crippen LogP contribution in [0.15, 0.2) is 364 Å². The van der Waals surface area contributed by atoms with Gasteiger partial charge in [-0.15, -0.1) is 0 Å². The maximum absolute atomic E-state index is 9.99. The van der Waals surface area contributed by atoms with Gasteiger partial charge in [0.1, 0.15) is 73.4 Å². The van der Waals surface area contributed by atoms with E-state index in [9.17, 15) is 25.2 Å². The summed E-state index contributed by atoms with van der Waals surface area (Å²) >= 11 is 0. The molecule has 0 N–H and O–H groups in total. The quantitative estimate of drug-likeness (QED) is 0.0443. The lowest BCUT2D eigenvalue weighted by molar-refractivity contribution is -0.175. The van der Waals surface area contributed by atoms with Crippen LogP contribution in [0.4, 0.5) is 59.3 Å². The third-order valence-electron chi connectivity index (χ3n) is 17.3. The van der Waals surface area contributed by atoms with Gasteiger partial charge in [-0.3, -0.25) is 26.9 Å². The summed E-state index contributed by atoms with van der Waals surface area (Å²) in [4.78, 5) is 50.4. The van der Waals surface area contributed by atoms with Crippen LogP contribution in [0.1, 0.15) is 33.4 Å². The molecule has 0 aromatic heterocycles. The van der Waals surface area contributed by atoms with Crippen molar-refractivity contribution in [3.05, 3.63) is 397 Å². The van der Waals surface area contributed by atoms with Crippen molar-refractivity contribution < 1.29 is 81.9 Å². The predicted octanol–water partition coefficient (Wildman–Crippen LogP) is 19.0. The number of benzene rings is 12. The molecule has 0 amide bonds. The Hall–Kier alpha value is -8.88. The van der Waals surface area contributed by atoms with Crippen molar-refractivity contribution in [2.45, 2.75) is 39.3 Å². The van der Waals surface area contributed by atoms with Crippen molar-refractivity contribution in [2.75, 3.05) is 84.6 Å². The van der Waals surface area contributed by atoms with E-state index in [1.807, 2.05) is 0 Å². The van der Waals surface area contributed by atoms with Crippen LogP contribution < -0.4 is 56.3 Å². The van der Waals surface area contributed by atoms with Gasteiger partial charge in [0.05, 0.1) is 84.6 Å². The second-order valence-corrected chi connectivity index (χ2v) is 32.3. The van der Waals surface area contributed by atoms with E-state index in [-0.39, 0.29) is 0 Å². The SMILES string of the molecule is C[N+](C)(Cc1ccccc1)c1ccccc1.C[N+](C)(Cc1ccccc1)c1ccccc1.C[N+](C)(Cc1ccccc1)c1ccccc1.C[N+](C)(Cc1ccccc1)c1ccccc1.C[N+](C)(Cc1ccccc1)c1ccccc1.C[N+](C)(Cc1ccccc1)c1ccccc1.O=[PH]([O-])F.O=[PH]([O-])F.O=[PH]([O-])F.O=[PH]([O-])F.O=[PH]([O-])F.O=[PH]([O-])F. The molecule has 12 aromatic carbocycles. The van der Waals surface area contributed by atoms with Crippen molar-refractivity contribution in [2.24, 2.45) is 0 Å². The number of rotatable bonds is 18. The van der Waals surface area contributed by atoms with Gasteiger partial charge in [-0.1, -0.05) is 291 Å². The minimum atomic E-state index is -3.88. The fourth-order valence-corrected chi connectivity index (χ4v) is 11.8. The van der Waals surface area contributed by atoms with E-state index >= 15 is 0 Å². The number of halogens is 6. The highest BCUT2D eigenvalue weighted by Gasteiger charge is 2.24. The van der Waals surface area contributed by atoms with E-state index in [1.54, 1.807) is 0 Å². The first-order valence-electron chi connectivity index (χ1n) is 37.2. The Bertz CT molecular complexity index is 3950. The summed E-state index contributed by atoms with van der Waals surface area (Å²) in [5, 5.41) is 0. The summed E-state index contributed by atoms with van der Waals surface area (Å²) in [6, 6.07) is 127. The van der Waals surface area contributed by atoms with Crippen LogP contribution in [0, 0.1) is 0 Å². The van der Waals surface area contributed by atoms with Gasteiger partial charge in [0, 0.05) is 33.4 Å². The average molecular weight is 1770 g/mol. The first-order chi connectivity index (χ1) is 56.5. The molecule has 0 heterocycles. The minimum absolute atomic E-state index is 0.880. The normalized spacial score (nSPS) is 12.2. The topological polar surface area (TPSA) is 241 Å². The van der Waals surface area contributed by atoms with Gasteiger partial charge in [-0.25, -0.2) is 25.2 Å². The number of para-hydroxylation sites is 6. The molecule has 6 atom stereocenters. The van der Waals surface area contributed by atoms with Crippen LogP contribution in [0.5, 0.6) is 0 Å². The fraction of sp³-hybridized carbons (Fsp3) is 0.200. The van der Waals surface area contributed by atoms with Gasteiger partial charge in [0.2, 0.25) is 0 Å². The minimum Gasteiger partial charge on any atom is -0.777 e.